The molecule has 3 heteroatoms. The molecule has 108 valence electrons. The molecule has 0 atom stereocenters. The number of rotatable bonds is 11. The van der Waals surface area contributed by atoms with E-state index in [9.17, 15) is 0 Å². The van der Waals surface area contributed by atoms with Crippen molar-refractivity contribution in [2.45, 2.75) is 44.9 Å². The molecule has 0 bridgehead atoms. The number of hydrogen-bond donors (Lipinski definition) is 1. The van der Waals surface area contributed by atoms with Crippen LogP contribution in [0.4, 0.5) is 5.69 Å². The minimum absolute atomic E-state index is 0.859. The Bertz CT molecular complexity index is 330. The zero-order valence-corrected chi connectivity index (χ0v) is 13.3. The maximum Gasteiger partial charge on any atom is 0.0466 e. The van der Waals surface area contributed by atoms with Crippen molar-refractivity contribution in [2.24, 2.45) is 0 Å². The summed E-state index contributed by atoms with van der Waals surface area (Å²) in [4.78, 5) is 0. The smallest absolute Gasteiger partial charge is 0.0466 e. The van der Waals surface area contributed by atoms with E-state index < -0.39 is 0 Å². The SMILES string of the molecule is Nc1cccc(CCCCOCCCCCCBr)c1. The molecule has 1 rings (SSSR count). The zero-order valence-electron chi connectivity index (χ0n) is 11.7. The lowest BCUT2D eigenvalue weighted by molar-refractivity contribution is 0.126. The molecule has 0 aliphatic carbocycles. The molecule has 2 nitrogen and oxygen atoms in total. The van der Waals surface area contributed by atoms with Crippen LogP contribution in [0.5, 0.6) is 0 Å². The van der Waals surface area contributed by atoms with E-state index in [4.69, 9.17) is 10.5 Å². The van der Waals surface area contributed by atoms with E-state index in [1.165, 1.54) is 37.7 Å². The molecule has 0 saturated carbocycles. The van der Waals surface area contributed by atoms with Crippen LogP contribution in [0.3, 0.4) is 0 Å². The number of unbranched alkanes of at least 4 members (excludes halogenated alkanes) is 4. The summed E-state index contributed by atoms with van der Waals surface area (Å²) >= 11 is 3.45. The van der Waals surface area contributed by atoms with Gasteiger partial charge in [-0.05, 0) is 49.8 Å². The molecule has 0 heterocycles. The molecule has 0 fully saturated rings. The summed E-state index contributed by atoms with van der Waals surface area (Å²) in [7, 11) is 0. The molecule has 1 aromatic rings. The number of nitrogen functional groups attached to an aromatic ring is 1. The average Bonchev–Trinajstić information content (AvgIpc) is 2.41. The van der Waals surface area contributed by atoms with Gasteiger partial charge in [0, 0.05) is 24.2 Å². The van der Waals surface area contributed by atoms with Gasteiger partial charge < -0.3 is 10.5 Å². The Balaban J connectivity index is 1.89. The van der Waals surface area contributed by atoms with Crippen molar-refractivity contribution in [1.82, 2.24) is 0 Å². The Kier molecular flexibility index (Phi) is 9.82. The van der Waals surface area contributed by atoms with Gasteiger partial charge in [0.1, 0.15) is 0 Å². The Hall–Kier alpha value is -0.540. The molecule has 1 aromatic carbocycles. The average molecular weight is 328 g/mol. The summed E-state index contributed by atoms with van der Waals surface area (Å²) in [5.41, 5.74) is 7.94. The first-order valence-corrected chi connectivity index (χ1v) is 8.43. The van der Waals surface area contributed by atoms with Gasteiger partial charge >= 0.3 is 0 Å². The van der Waals surface area contributed by atoms with Crippen molar-refractivity contribution in [3.05, 3.63) is 29.8 Å². The summed E-state index contributed by atoms with van der Waals surface area (Å²) in [5.74, 6) is 0. The lowest BCUT2D eigenvalue weighted by atomic mass is 10.1. The van der Waals surface area contributed by atoms with E-state index in [0.717, 1.165) is 37.1 Å². The first kappa shape index (κ1) is 16.5. The number of alkyl halides is 1. The highest BCUT2D eigenvalue weighted by Crippen LogP contribution is 2.10. The Labute approximate surface area is 125 Å². The van der Waals surface area contributed by atoms with Crippen LogP contribution in [0.2, 0.25) is 0 Å². The van der Waals surface area contributed by atoms with Gasteiger partial charge in [-0.1, -0.05) is 40.9 Å². The van der Waals surface area contributed by atoms with E-state index in [1.54, 1.807) is 0 Å². The maximum absolute atomic E-state index is 5.75. The van der Waals surface area contributed by atoms with Crippen molar-refractivity contribution in [3.8, 4) is 0 Å². The Morgan fingerprint density at radius 1 is 0.947 bits per heavy atom. The highest BCUT2D eigenvalue weighted by atomic mass is 79.9. The van der Waals surface area contributed by atoms with Gasteiger partial charge in [-0.2, -0.15) is 0 Å². The number of halogens is 1. The van der Waals surface area contributed by atoms with Crippen LogP contribution >= 0.6 is 15.9 Å². The van der Waals surface area contributed by atoms with E-state index in [2.05, 4.69) is 28.1 Å². The fourth-order valence-corrected chi connectivity index (χ4v) is 2.43. The van der Waals surface area contributed by atoms with Gasteiger partial charge in [0.25, 0.3) is 0 Å². The first-order valence-electron chi connectivity index (χ1n) is 7.31. The lowest BCUT2D eigenvalue weighted by Gasteiger charge is -2.05. The quantitative estimate of drug-likeness (QED) is 0.367. The third kappa shape index (κ3) is 9.06. The maximum atomic E-state index is 5.75. The predicted molar refractivity (Wildman–Crippen MR) is 86.9 cm³/mol. The highest BCUT2D eigenvalue weighted by molar-refractivity contribution is 9.09. The van der Waals surface area contributed by atoms with E-state index in [0.29, 0.717) is 0 Å². The van der Waals surface area contributed by atoms with Crippen LogP contribution in [0.1, 0.15) is 44.1 Å². The third-order valence-electron chi connectivity index (χ3n) is 3.13. The molecule has 0 aliphatic rings. The van der Waals surface area contributed by atoms with Gasteiger partial charge in [0.15, 0.2) is 0 Å². The van der Waals surface area contributed by atoms with Crippen molar-refractivity contribution in [2.75, 3.05) is 24.3 Å². The van der Waals surface area contributed by atoms with Gasteiger partial charge in [0.05, 0.1) is 0 Å². The number of hydrogen-bond acceptors (Lipinski definition) is 2. The van der Waals surface area contributed by atoms with Crippen LogP contribution in [0.15, 0.2) is 24.3 Å². The number of benzene rings is 1. The van der Waals surface area contributed by atoms with Crippen LogP contribution in [0, 0.1) is 0 Å². The largest absolute Gasteiger partial charge is 0.399 e. The van der Waals surface area contributed by atoms with Gasteiger partial charge in [-0.15, -0.1) is 0 Å². The van der Waals surface area contributed by atoms with Gasteiger partial charge in [0.2, 0.25) is 0 Å². The first-order chi connectivity index (χ1) is 9.33. The minimum Gasteiger partial charge on any atom is -0.399 e. The van der Waals surface area contributed by atoms with E-state index in [-0.39, 0.29) is 0 Å². The second kappa shape index (κ2) is 11.3. The van der Waals surface area contributed by atoms with Crippen molar-refractivity contribution in [1.29, 1.82) is 0 Å². The lowest BCUT2D eigenvalue weighted by Crippen LogP contribution is -1.98. The van der Waals surface area contributed by atoms with E-state index >= 15 is 0 Å². The molecule has 0 amide bonds. The normalized spacial score (nSPS) is 10.8. The Morgan fingerprint density at radius 3 is 2.42 bits per heavy atom. The molecule has 0 spiro atoms. The number of ether oxygens (including phenoxy) is 1. The number of anilines is 1. The molecule has 0 aromatic heterocycles. The number of aryl methyl sites for hydroxylation is 1. The van der Waals surface area contributed by atoms with Crippen LogP contribution in [-0.4, -0.2) is 18.5 Å². The molecule has 2 N–H and O–H groups in total. The summed E-state index contributed by atoms with van der Waals surface area (Å²) < 4.78 is 5.64. The van der Waals surface area contributed by atoms with Crippen molar-refractivity contribution < 1.29 is 4.74 Å². The minimum atomic E-state index is 0.859. The summed E-state index contributed by atoms with van der Waals surface area (Å²) in [6.07, 6.45) is 8.48. The molecule has 0 radical (unpaired) electrons. The number of nitrogens with two attached hydrogens (primary N) is 1. The van der Waals surface area contributed by atoms with Gasteiger partial charge in [-0.25, -0.2) is 0 Å². The Morgan fingerprint density at radius 2 is 1.68 bits per heavy atom. The molecule has 0 aliphatic heterocycles. The fourth-order valence-electron chi connectivity index (χ4n) is 2.04. The summed E-state index contributed by atoms with van der Waals surface area (Å²) in [6.45, 7) is 1.81. The topological polar surface area (TPSA) is 35.2 Å². The molecular weight excluding hydrogens is 302 g/mol. The van der Waals surface area contributed by atoms with Crippen molar-refractivity contribution >= 4 is 21.6 Å². The second-order valence-electron chi connectivity index (χ2n) is 4.92. The van der Waals surface area contributed by atoms with Crippen molar-refractivity contribution in [3.63, 3.8) is 0 Å². The predicted octanol–water partition coefficient (Wildman–Crippen LogP) is 4.56. The fraction of sp³-hybridized carbons (Fsp3) is 0.625. The molecule has 0 saturated heterocycles. The standard InChI is InChI=1S/C16H26BrNO/c17-11-4-1-2-5-12-19-13-6-3-8-15-9-7-10-16(18)14-15/h7,9-10,14H,1-6,8,11-13,18H2. The summed E-state index contributed by atoms with van der Waals surface area (Å²) in [5, 5.41) is 1.12. The molecule has 19 heavy (non-hydrogen) atoms. The monoisotopic (exact) mass is 327 g/mol. The van der Waals surface area contributed by atoms with Crippen LogP contribution in [-0.2, 0) is 11.2 Å². The summed E-state index contributed by atoms with van der Waals surface area (Å²) in [6, 6.07) is 8.15. The molecule has 0 unspecified atom stereocenters. The second-order valence-corrected chi connectivity index (χ2v) is 5.71. The van der Waals surface area contributed by atoms with Crippen LogP contribution in [0.25, 0.3) is 0 Å². The molecular formula is C16H26BrNO. The highest BCUT2D eigenvalue weighted by Gasteiger charge is 1.95. The van der Waals surface area contributed by atoms with Crippen LogP contribution < -0.4 is 5.73 Å². The van der Waals surface area contributed by atoms with E-state index in [1.807, 2.05) is 12.1 Å². The van der Waals surface area contributed by atoms with Gasteiger partial charge in [-0.3, -0.25) is 0 Å². The zero-order chi connectivity index (χ0) is 13.8. The third-order valence-corrected chi connectivity index (χ3v) is 3.69.